The number of cyclic esters (lactones) is 4. The normalized spacial score (nSPS) is 18.4. The van der Waals surface area contributed by atoms with Crippen LogP contribution in [0.1, 0.15) is 52.4 Å². The van der Waals surface area contributed by atoms with Crippen molar-refractivity contribution in [3.8, 4) is 0 Å². The Balaban J connectivity index is 2.26. The Labute approximate surface area is 161 Å². The summed E-state index contributed by atoms with van der Waals surface area (Å²) in [7, 11) is 0. The van der Waals surface area contributed by atoms with Gasteiger partial charge >= 0.3 is 29.8 Å². The number of aliphatic carboxylic acids is 1. The molecule has 8 nitrogen and oxygen atoms in total. The first kappa shape index (κ1) is 21.3. The minimum absolute atomic E-state index is 0.0657. The number of hydrogen-bond donors (Lipinski definition) is 1. The molecule has 0 bridgehead atoms. The van der Waals surface area contributed by atoms with Crippen molar-refractivity contribution in [3.63, 3.8) is 0 Å². The van der Waals surface area contributed by atoms with E-state index in [-0.39, 0.29) is 53.9 Å². The lowest BCUT2D eigenvalue weighted by Gasteiger charge is -2.15. The summed E-state index contributed by atoms with van der Waals surface area (Å²) in [5.41, 5.74) is 0.653. The molecular formula is C20H22O8. The molecule has 0 saturated carbocycles. The third-order valence-electron chi connectivity index (χ3n) is 4.69. The summed E-state index contributed by atoms with van der Waals surface area (Å²) in [6.07, 6.45) is 4.49. The second-order valence-electron chi connectivity index (χ2n) is 6.59. The predicted molar refractivity (Wildman–Crippen MR) is 95.6 cm³/mol. The van der Waals surface area contributed by atoms with Gasteiger partial charge in [0.25, 0.3) is 0 Å². The van der Waals surface area contributed by atoms with E-state index in [0.29, 0.717) is 12.8 Å². The maximum atomic E-state index is 12.0. The summed E-state index contributed by atoms with van der Waals surface area (Å²) >= 11 is 0. The molecule has 0 unspecified atom stereocenters. The van der Waals surface area contributed by atoms with Gasteiger partial charge < -0.3 is 14.6 Å². The van der Waals surface area contributed by atoms with Gasteiger partial charge in [-0.2, -0.15) is 0 Å². The Morgan fingerprint density at radius 1 is 0.929 bits per heavy atom. The highest BCUT2D eigenvalue weighted by atomic mass is 16.6. The summed E-state index contributed by atoms with van der Waals surface area (Å²) in [6.45, 7) is 3.75. The van der Waals surface area contributed by atoms with Crippen molar-refractivity contribution < 1.29 is 38.6 Å². The van der Waals surface area contributed by atoms with Crippen LogP contribution in [0.15, 0.2) is 34.4 Å². The molecule has 0 fully saturated rings. The van der Waals surface area contributed by atoms with E-state index in [4.69, 9.17) is 9.84 Å². The highest BCUT2D eigenvalue weighted by Gasteiger charge is 2.36. The Morgan fingerprint density at radius 2 is 1.50 bits per heavy atom. The van der Waals surface area contributed by atoms with E-state index in [1.165, 1.54) is 0 Å². The predicted octanol–water partition coefficient (Wildman–Crippen LogP) is 2.38. The molecule has 0 aliphatic carbocycles. The molecule has 8 heteroatoms. The van der Waals surface area contributed by atoms with Crippen LogP contribution in [0, 0.1) is 5.92 Å². The first-order valence-electron chi connectivity index (χ1n) is 9.14. The van der Waals surface area contributed by atoms with Gasteiger partial charge in [0.15, 0.2) is 0 Å². The molecule has 0 aromatic rings. The van der Waals surface area contributed by atoms with Gasteiger partial charge in [-0.3, -0.25) is 4.79 Å². The van der Waals surface area contributed by atoms with Gasteiger partial charge in [0.2, 0.25) is 0 Å². The van der Waals surface area contributed by atoms with Crippen molar-refractivity contribution in [1.82, 2.24) is 0 Å². The van der Waals surface area contributed by atoms with Crippen LogP contribution in [-0.4, -0.2) is 35.0 Å². The summed E-state index contributed by atoms with van der Waals surface area (Å²) < 4.78 is 9.33. The Morgan fingerprint density at radius 3 is 2.11 bits per heavy atom. The summed E-state index contributed by atoms with van der Waals surface area (Å²) in [6, 6.07) is 0. The molecule has 0 amide bonds. The smallest absolute Gasteiger partial charge is 0.346 e. The summed E-state index contributed by atoms with van der Waals surface area (Å²) in [4.78, 5) is 58.6. The van der Waals surface area contributed by atoms with Crippen LogP contribution < -0.4 is 0 Å². The van der Waals surface area contributed by atoms with Crippen molar-refractivity contribution >= 4 is 29.8 Å². The lowest BCUT2D eigenvalue weighted by atomic mass is 9.87. The van der Waals surface area contributed by atoms with Gasteiger partial charge in [0, 0.05) is 17.6 Å². The SMILES string of the molecule is CC/C=C/C1=C(C[C@H](CC)CC2=C(CCC(=O)O)C(=O)OC2=O)C(=O)OC1=O. The van der Waals surface area contributed by atoms with Crippen LogP contribution in [0.25, 0.3) is 0 Å². The molecule has 2 aliphatic rings. The van der Waals surface area contributed by atoms with E-state index >= 15 is 0 Å². The lowest BCUT2D eigenvalue weighted by molar-refractivity contribution is -0.152. The standard InChI is InChI=1S/C20H22O8/c1-3-5-6-12-14(19(25)27-17(12)23)9-11(4-2)10-15-13(7-8-16(21)22)18(24)28-20(15)26/h5-6,11H,3-4,7-10H2,1-2H3,(H,21,22)/b6-5+/t11-/m0/s1. The van der Waals surface area contributed by atoms with Crippen LogP contribution in [-0.2, 0) is 33.4 Å². The topological polar surface area (TPSA) is 124 Å². The molecule has 0 radical (unpaired) electrons. The van der Waals surface area contributed by atoms with Crippen molar-refractivity contribution in [1.29, 1.82) is 0 Å². The van der Waals surface area contributed by atoms with Crippen LogP contribution in [0.3, 0.4) is 0 Å². The molecule has 28 heavy (non-hydrogen) atoms. The molecule has 1 atom stereocenters. The quantitative estimate of drug-likeness (QED) is 0.445. The second-order valence-corrected chi connectivity index (χ2v) is 6.59. The first-order chi connectivity index (χ1) is 13.3. The van der Waals surface area contributed by atoms with Crippen molar-refractivity contribution in [2.24, 2.45) is 5.92 Å². The molecule has 2 aliphatic heterocycles. The van der Waals surface area contributed by atoms with E-state index in [2.05, 4.69) is 4.74 Å². The van der Waals surface area contributed by atoms with Crippen LogP contribution in [0.4, 0.5) is 0 Å². The molecule has 2 heterocycles. The average molecular weight is 390 g/mol. The molecule has 0 aromatic carbocycles. The summed E-state index contributed by atoms with van der Waals surface area (Å²) in [5, 5.41) is 8.83. The van der Waals surface area contributed by atoms with Crippen LogP contribution in [0.5, 0.6) is 0 Å². The highest BCUT2D eigenvalue weighted by molar-refractivity contribution is 6.14. The number of carboxylic acid groups (broad SMARTS) is 1. The number of rotatable bonds is 10. The molecule has 0 spiro atoms. The van der Waals surface area contributed by atoms with E-state index in [0.717, 1.165) is 0 Å². The first-order valence-corrected chi connectivity index (χ1v) is 9.14. The average Bonchev–Trinajstić information content (AvgIpc) is 3.05. The molecule has 0 saturated heterocycles. The number of allylic oxidation sites excluding steroid dienone is 1. The maximum absolute atomic E-state index is 12.0. The number of esters is 4. The lowest BCUT2D eigenvalue weighted by Crippen LogP contribution is -2.11. The Hall–Kier alpha value is -3.03. The van der Waals surface area contributed by atoms with Gasteiger partial charge in [-0.15, -0.1) is 0 Å². The number of hydrogen-bond acceptors (Lipinski definition) is 7. The third kappa shape index (κ3) is 4.82. The van der Waals surface area contributed by atoms with Gasteiger partial charge in [0.05, 0.1) is 11.1 Å². The van der Waals surface area contributed by atoms with E-state index in [1.807, 2.05) is 13.8 Å². The Bertz CT molecular complexity index is 812. The molecular weight excluding hydrogens is 368 g/mol. The molecule has 150 valence electrons. The molecule has 1 N–H and O–H groups in total. The minimum atomic E-state index is -1.09. The van der Waals surface area contributed by atoms with E-state index < -0.39 is 29.8 Å². The monoisotopic (exact) mass is 390 g/mol. The fourth-order valence-electron chi connectivity index (χ4n) is 3.11. The zero-order valence-electron chi connectivity index (χ0n) is 15.8. The van der Waals surface area contributed by atoms with Crippen molar-refractivity contribution in [3.05, 3.63) is 34.4 Å². The fourth-order valence-corrected chi connectivity index (χ4v) is 3.11. The largest absolute Gasteiger partial charge is 0.481 e. The van der Waals surface area contributed by atoms with Gasteiger partial charge in [0.1, 0.15) is 0 Å². The zero-order valence-corrected chi connectivity index (χ0v) is 15.8. The summed E-state index contributed by atoms with van der Waals surface area (Å²) in [5.74, 6) is -4.32. The van der Waals surface area contributed by atoms with Gasteiger partial charge in [-0.1, -0.05) is 32.4 Å². The van der Waals surface area contributed by atoms with Gasteiger partial charge in [-0.05, 0) is 31.6 Å². The fraction of sp³-hybridized carbons (Fsp3) is 0.450. The van der Waals surface area contributed by atoms with Crippen LogP contribution in [0.2, 0.25) is 0 Å². The molecule has 0 aromatic heterocycles. The number of ether oxygens (including phenoxy) is 2. The van der Waals surface area contributed by atoms with Gasteiger partial charge in [-0.25, -0.2) is 19.2 Å². The minimum Gasteiger partial charge on any atom is -0.481 e. The van der Waals surface area contributed by atoms with Crippen LogP contribution >= 0.6 is 0 Å². The van der Waals surface area contributed by atoms with E-state index in [1.54, 1.807) is 12.2 Å². The maximum Gasteiger partial charge on any atom is 0.346 e. The number of carboxylic acids is 1. The highest BCUT2D eigenvalue weighted by Crippen LogP contribution is 2.33. The molecule has 2 rings (SSSR count). The second kappa shape index (κ2) is 9.25. The van der Waals surface area contributed by atoms with Crippen molar-refractivity contribution in [2.75, 3.05) is 0 Å². The van der Waals surface area contributed by atoms with Crippen molar-refractivity contribution in [2.45, 2.75) is 52.4 Å². The number of carbonyl (C=O) groups excluding carboxylic acids is 4. The Kier molecular flexibility index (Phi) is 7.03. The number of carbonyl (C=O) groups is 5. The van der Waals surface area contributed by atoms with E-state index in [9.17, 15) is 24.0 Å². The third-order valence-corrected chi connectivity index (χ3v) is 4.69. The zero-order chi connectivity index (χ0) is 20.8.